The molecule has 4 nitrogen and oxygen atoms in total. The zero-order valence-corrected chi connectivity index (χ0v) is 45.3. The molecule has 0 saturated carbocycles. The summed E-state index contributed by atoms with van der Waals surface area (Å²) in [5, 5.41) is 7.20. The molecule has 0 aliphatic heterocycles. The van der Waals surface area contributed by atoms with Crippen LogP contribution in [0.25, 0.3) is 53.7 Å². The van der Waals surface area contributed by atoms with Crippen LogP contribution in [0.15, 0.2) is 35.0 Å². The number of benzene rings is 2. The van der Waals surface area contributed by atoms with Crippen LogP contribution in [0.1, 0.15) is 244 Å². The molecule has 4 aromatic heterocycles. The Hall–Kier alpha value is -2.26. The van der Waals surface area contributed by atoms with Crippen LogP contribution < -0.4 is 0 Å². The Morgan fingerprint density at radius 2 is 0.636 bits per heavy atom. The molecule has 66 heavy (non-hydrogen) atoms. The van der Waals surface area contributed by atoms with Gasteiger partial charge in [-0.3, -0.25) is 0 Å². The van der Waals surface area contributed by atoms with Crippen LogP contribution in [0.2, 0.25) is 0 Å². The van der Waals surface area contributed by atoms with Crippen molar-refractivity contribution in [2.24, 2.45) is 11.8 Å². The first-order chi connectivity index (χ1) is 32.6. The quantitative estimate of drug-likeness (QED) is 0.0363. The molecule has 0 N–H and O–H groups in total. The van der Waals surface area contributed by atoms with Crippen LogP contribution in [0.4, 0.5) is 0 Å². The van der Waals surface area contributed by atoms with Gasteiger partial charge in [-0.25, -0.2) is 0 Å². The first-order valence-electron chi connectivity index (χ1n) is 27.6. The van der Waals surface area contributed by atoms with E-state index < -0.39 is 0 Å². The van der Waals surface area contributed by atoms with Gasteiger partial charge in [0.25, 0.3) is 0 Å². The zero-order chi connectivity index (χ0) is 46.0. The Morgan fingerprint density at radius 3 is 0.955 bits per heavy atom. The second-order valence-electron chi connectivity index (χ2n) is 20.3. The fourth-order valence-electron chi connectivity index (χ4n) is 10.6. The number of hydrogen-bond acceptors (Lipinski definition) is 8. The van der Waals surface area contributed by atoms with Gasteiger partial charge in [0.15, 0.2) is 0 Å². The summed E-state index contributed by atoms with van der Waals surface area (Å²) in [6, 6.07) is 9.71. The van der Waals surface area contributed by atoms with Crippen LogP contribution in [0.5, 0.6) is 0 Å². The molecule has 0 saturated heterocycles. The fourth-order valence-corrected chi connectivity index (χ4v) is 13.6. The molecule has 2 unspecified atom stereocenters. The number of hydrogen-bond donors (Lipinski definition) is 0. The largest absolute Gasteiger partial charge is 0.172 e. The topological polar surface area (TPSA) is 51.6 Å². The van der Waals surface area contributed by atoms with E-state index in [9.17, 15) is 0 Å². The maximum atomic E-state index is 4.99. The second-order valence-corrected chi connectivity index (χ2v) is 23.2. The van der Waals surface area contributed by atoms with Crippen molar-refractivity contribution in [2.75, 3.05) is 0 Å². The molecule has 0 aliphatic carbocycles. The maximum Gasteiger partial charge on any atom is 0.114 e. The van der Waals surface area contributed by atoms with Gasteiger partial charge in [0.2, 0.25) is 0 Å². The fraction of sp³-hybridized carbons (Fsp3) is 0.690. The SMILES string of the molecule is CCCCCCCCCCC(CCCCCCCC)Cc1csc(-c2cc3c(cc(-c4cc(CC(CCCCCCCC)CCCCCCCCCC)cs4)c4nsnc43)c3nsnc23)c1. The molecule has 0 radical (unpaired) electrons. The molecular formula is C58H88N4S4. The summed E-state index contributed by atoms with van der Waals surface area (Å²) in [6.45, 7) is 9.27. The van der Waals surface area contributed by atoms with E-state index in [0.29, 0.717) is 0 Å². The first-order valence-corrected chi connectivity index (χ1v) is 30.8. The second kappa shape index (κ2) is 31.1. The van der Waals surface area contributed by atoms with Crippen LogP contribution >= 0.6 is 46.1 Å². The lowest BCUT2D eigenvalue weighted by Gasteiger charge is -2.16. The average Bonchev–Trinajstić information content (AvgIpc) is 4.18. The number of thiophene rings is 2. The van der Waals surface area contributed by atoms with Gasteiger partial charge in [-0.1, -0.05) is 233 Å². The van der Waals surface area contributed by atoms with E-state index in [1.54, 1.807) is 0 Å². The average molecular weight is 970 g/mol. The standard InChI is InChI=1S/C58H88N4S4/c1-5-9-13-17-21-23-27-31-35-45(33-29-25-19-15-11-7-3)37-47-39-53(63-43-47)51-41-49-50(55-57(51)61-65-59-55)42-52(58-56(49)60-66-62-58)54-40-48(44-64-54)38-46(34-30-26-20-16-12-8-4)36-32-28-24-22-18-14-10-6-2/h39-46H,5-38H2,1-4H3. The van der Waals surface area contributed by atoms with Crippen LogP contribution in [0, 0.1) is 11.8 Å². The van der Waals surface area contributed by atoms with Gasteiger partial charge in [0.05, 0.1) is 23.5 Å². The molecule has 364 valence electrons. The minimum Gasteiger partial charge on any atom is -0.172 e. The van der Waals surface area contributed by atoms with E-state index >= 15 is 0 Å². The molecule has 6 aromatic rings. The lowest BCUT2D eigenvalue weighted by molar-refractivity contribution is 0.400. The molecule has 4 heterocycles. The van der Waals surface area contributed by atoms with E-state index in [4.69, 9.17) is 17.5 Å². The first kappa shape index (κ1) is 53.1. The molecule has 2 aromatic carbocycles. The van der Waals surface area contributed by atoms with Crippen molar-refractivity contribution in [3.63, 3.8) is 0 Å². The van der Waals surface area contributed by atoms with Gasteiger partial charge in [-0.05, 0) is 70.8 Å². The van der Waals surface area contributed by atoms with Gasteiger partial charge in [0.1, 0.15) is 22.1 Å². The Kier molecular flexibility index (Phi) is 25.0. The molecular weight excluding hydrogens is 881 g/mol. The predicted octanol–water partition coefficient (Wildman–Crippen LogP) is 21.2. The maximum absolute atomic E-state index is 4.99. The van der Waals surface area contributed by atoms with Crippen molar-refractivity contribution < 1.29 is 0 Å². The lowest BCUT2D eigenvalue weighted by Crippen LogP contribution is -2.05. The third-order valence-corrected chi connectivity index (χ3v) is 17.7. The summed E-state index contributed by atoms with van der Waals surface area (Å²) in [7, 11) is 0. The zero-order valence-electron chi connectivity index (χ0n) is 42.1. The van der Waals surface area contributed by atoms with Gasteiger partial charge in [-0.2, -0.15) is 17.5 Å². The minimum absolute atomic E-state index is 0.772. The highest BCUT2D eigenvalue weighted by Gasteiger charge is 2.22. The van der Waals surface area contributed by atoms with Gasteiger partial charge < -0.3 is 0 Å². The van der Waals surface area contributed by atoms with Gasteiger partial charge in [-0.15, -0.1) is 22.7 Å². The minimum atomic E-state index is 0.772. The lowest BCUT2D eigenvalue weighted by atomic mass is 9.89. The van der Waals surface area contributed by atoms with E-state index in [0.717, 1.165) is 44.7 Å². The smallest absolute Gasteiger partial charge is 0.114 e. The van der Waals surface area contributed by atoms with E-state index in [1.165, 1.54) is 274 Å². The predicted molar refractivity (Wildman–Crippen MR) is 297 cm³/mol. The number of rotatable bonds is 38. The Labute approximate surface area is 418 Å². The summed E-state index contributed by atoms with van der Waals surface area (Å²) in [4.78, 5) is 2.61. The Bertz CT molecular complexity index is 2040. The summed E-state index contributed by atoms with van der Waals surface area (Å²) < 4.78 is 19.9. The molecule has 0 spiro atoms. The van der Waals surface area contributed by atoms with Crippen molar-refractivity contribution >= 4 is 79.0 Å². The number of nitrogens with zero attached hydrogens (tertiary/aromatic N) is 4. The van der Waals surface area contributed by atoms with E-state index in [2.05, 4.69) is 62.7 Å². The molecule has 6 rings (SSSR count). The third-order valence-electron chi connectivity index (χ3n) is 14.6. The van der Waals surface area contributed by atoms with Crippen molar-refractivity contribution in [1.82, 2.24) is 17.5 Å². The molecule has 0 fully saturated rings. The summed E-state index contributed by atoms with van der Waals surface area (Å²) in [5.74, 6) is 1.54. The molecule has 2 atom stereocenters. The van der Waals surface area contributed by atoms with Crippen molar-refractivity contribution in [3.8, 4) is 20.9 Å². The molecule has 0 amide bonds. The van der Waals surface area contributed by atoms with Gasteiger partial charge >= 0.3 is 0 Å². The van der Waals surface area contributed by atoms with E-state index in [-0.39, 0.29) is 0 Å². The highest BCUT2D eigenvalue weighted by molar-refractivity contribution is 7.14. The van der Waals surface area contributed by atoms with Crippen LogP contribution in [0.3, 0.4) is 0 Å². The van der Waals surface area contributed by atoms with Crippen molar-refractivity contribution in [2.45, 2.75) is 246 Å². The van der Waals surface area contributed by atoms with Crippen molar-refractivity contribution in [3.05, 3.63) is 46.2 Å². The Balaban J connectivity index is 1.15. The van der Waals surface area contributed by atoms with Crippen LogP contribution in [-0.4, -0.2) is 17.5 Å². The van der Waals surface area contributed by atoms with E-state index in [1.807, 2.05) is 22.7 Å². The summed E-state index contributed by atoms with van der Waals surface area (Å²) in [6.07, 6.45) is 46.8. The summed E-state index contributed by atoms with van der Waals surface area (Å²) in [5.41, 5.74) is 9.48. The van der Waals surface area contributed by atoms with Crippen LogP contribution in [-0.2, 0) is 12.8 Å². The summed E-state index contributed by atoms with van der Waals surface area (Å²) >= 11 is 6.47. The molecule has 8 heteroatoms. The van der Waals surface area contributed by atoms with Crippen molar-refractivity contribution in [1.29, 1.82) is 0 Å². The normalized spacial score (nSPS) is 13.0. The number of aromatic nitrogens is 4. The third kappa shape index (κ3) is 17.0. The number of fused-ring (bicyclic) bond motifs is 5. The highest BCUT2D eigenvalue weighted by atomic mass is 32.1. The highest BCUT2D eigenvalue weighted by Crippen LogP contribution is 2.43. The monoisotopic (exact) mass is 969 g/mol. The van der Waals surface area contributed by atoms with Gasteiger partial charge in [0, 0.05) is 31.7 Å². The Morgan fingerprint density at radius 1 is 0.348 bits per heavy atom. The molecule has 0 bridgehead atoms. The number of unbranched alkanes of at least 4 members (excludes halogenated alkanes) is 24. The molecule has 0 aliphatic rings.